The lowest BCUT2D eigenvalue weighted by molar-refractivity contribution is 0.429. The van der Waals surface area contributed by atoms with E-state index in [9.17, 15) is 8.99 Å². The van der Waals surface area contributed by atoms with E-state index in [1.54, 1.807) is 12.1 Å². The molecule has 6 rings (SSSR count). The minimum Gasteiger partial charge on any atom is -0.479 e. The molecule has 0 amide bonds. The molecular formula is C27H28FN5OS. The molecule has 2 aliphatic carbocycles. The van der Waals surface area contributed by atoms with Crippen LogP contribution < -0.4 is 4.90 Å². The van der Waals surface area contributed by atoms with Crippen molar-refractivity contribution in [2.75, 3.05) is 11.9 Å². The van der Waals surface area contributed by atoms with Gasteiger partial charge < -0.3 is 14.6 Å². The molecule has 2 fully saturated rings. The quantitative estimate of drug-likeness (QED) is 0.320. The Balaban J connectivity index is 1.53. The molecule has 8 heteroatoms. The summed E-state index contributed by atoms with van der Waals surface area (Å²) < 4.78 is 15.2. The zero-order chi connectivity index (χ0) is 24.1. The Hall–Kier alpha value is -3.13. The summed E-state index contributed by atoms with van der Waals surface area (Å²) in [6.07, 6.45) is 4.99. The minimum atomic E-state index is -0.255. The van der Waals surface area contributed by atoms with Crippen LogP contribution in [0.15, 0.2) is 53.4 Å². The zero-order valence-electron chi connectivity index (χ0n) is 19.9. The van der Waals surface area contributed by atoms with Crippen LogP contribution >= 0.6 is 12.1 Å². The maximum atomic E-state index is 13.0. The molecule has 2 heterocycles. The molecule has 2 saturated carbocycles. The third-order valence-electron chi connectivity index (χ3n) is 7.19. The first-order valence-corrected chi connectivity index (χ1v) is 12.9. The minimum absolute atomic E-state index is 0.244. The molecular weight excluding hydrogens is 461 g/mol. The van der Waals surface area contributed by atoms with Crippen molar-refractivity contribution in [1.29, 1.82) is 0 Å². The van der Waals surface area contributed by atoms with Crippen molar-refractivity contribution >= 4 is 29.1 Å². The van der Waals surface area contributed by atoms with E-state index in [0.717, 1.165) is 33.8 Å². The Bertz CT molecular complexity index is 1370. The predicted molar refractivity (Wildman–Crippen MR) is 137 cm³/mol. The molecule has 1 N–H and O–H groups in total. The van der Waals surface area contributed by atoms with Crippen molar-refractivity contribution in [1.82, 2.24) is 19.5 Å². The van der Waals surface area contributed by atoms with Gasteiger partial charge in [0.05, 0.1) is 12.1 Å². The first-order chi connectivity index (χ1) is 17.0. The zero-order valence-corrected chi connectivity index (χ0v) is 20.7. The molecule has 0 spiro atoms. The highest BCUT2D eigenvalue weighted by Gasteiger charge is 2.44. The van der Waals surface area contributed by atoms with E-state index >= 15 is 0 Å². The van der Waals surface area contributed by atoms with Gasteiger partial charge in [-0.2, -0.15) is 13.9 Å². The maximum Gasteiger partial charge on any atom is 0.318 e. The van der Waals surface area contributed by atoms with Crippen molar-refractivity contribution in [3.05, 3.63) is 59.7 Å². The van der Waals surface area contributed by atoms with E-state index in [1.807, 2.05) is 24.3 Å². The number of rotatable bonds is 8. The number of aromatic hydroxyl groups is 1. The molecule has 2 aliphatic rings. The smallest absolute Gasteiger partial charge is 0.318 e. The molecule has 2 aromatic carbocycles. The highest BCUT2D eigenvalue weighted by atomic mass is 32.2. The summed E-state index contributed by atoms with van der Waals surface area (Å²) in [6, 6.07) is 15.8. The SMILES string of the molecule is Cc1cccc(-c2nc3nc(O)nc(N(C)C(C4CC4)C4CC4)c3n2Cc2ccc(SF)cc2)c1. The van der Waals surface area contributed by atoms with E-state index in [0.29, 0.717) is 35.0 Å². The Kier molecular flexibility index (Phi) is 5.63. The first-order valence-electron chi connectivity index (χ1n) is 12.2. The standard InChI is InChI=1S/C27H28FN5OS/c1-16-4-3-5-20(14-16)25-29-24-23(33(25)15-17-6-12-21(35-28)13-7-17)26(31-27(34)30-24)32(2)22(18-8-9-18)19-10-11-19/h3-7,12-14,18-19,22H,8-11,15H2,1-2H3,(H,30,31,34). The highest BCUT2D eigenvalue weighted by Crippen LogP contribution is 2.48. The molecule has 6 nitrogen and oxygen atoms in total. The number of hydrogen-bond acceptors (Lipinski definition) is 6. The number of anilines is 1. The Morgan fingerprint density at radius 2 is 1.77 bits per heavy atom. The molecule has 0 unspecified atom stereocenters. The predicted octanol–water partition coefficient (Wildman–Crippen LogP) is 6.16. The number of aromatic nitrogens is 4. The number of aryl methyl sites for hydroxylation is 1. The van der Waals surface area contributed by atoms with Gasteiger partial charge in [0.1, 0.15) is 11.3 Å². The van der Waals surface area contributed by atoms with Crippen LogP contribution in [0.5, 0.6) is 6.01 Å². The normalized spacial score (nSPS) is 15.8. The van der Waals surface area contributed by atoms with Gasteiger partial charge in [0, 0.05) is 30.1 Å². The van der Waals surface area contributed by atoms with Crippen LogP contribution in [-0.4, -0.2) is 37.7 Å². The lowest BCUT2D eigenvalue weighted by Crippen LogP contribution is -2.36. The molecule has 0 atom stereocenters. The van der Waals surface area contributed by atoms with E-state index in [1.165, 1.54) is 25.7 Å². The van der Waals surface area contributed by atoms with Crippen LogP contribution in [0.3, 0.4) is 0 Å². The van der Waals surface area contributed by atoms with E-state index in [2.05, 4.69) is 45.5 Å². The Morgan fingerprint density at radius 1 is 1.06 bits per heavy atom. The maximum absolute atomic E-state index is 13.0. The molecule has 180 valence electrons. The van der Waals surface area contributed by atoms with Gasteiger partial charge in [0.15, 0.2) is 11.5 Å². The summed E-state index contributed by atoms with van der Waals surface area (Å²) in [5.74, 6) is 2.85. The topological polar surface area (TPSA) is 67.1 Å². The molecule has 0 saturated heterocycles. The fourth-order valence-electron chi connectivity index (χ4n) is 5.27. The lowest BCUT2D eigenvalue weighted by Gasteiger charge is -2.30. The van der Waals surface area contributed by atoms with Gasteiger partial charge in [-0.05, 0) is 68.2 Å². The number of fused-ring (bicyclic) bond motifs is 1. The lowest BCUT2D eigenvalue weighted by atomic mass is 10.1. The second kappa shape index (κ2) is 8.82. The van der Waals surface area contributed by atoms with E-state index in [-0.39, 0.29) is 18.2 Å². The molecule has 0 bridgehead atoms. The highest BCUT2D eigenvalue weighted by molar-refractivity contribution is 7.94. The van der Waals surface area contributed by atoms with E-state index in [4.69, 9.17) is 4.98 Å². The van der Waals surface area contributed by atoms with Gasteiger partial charge in [0.2, 0.25) is 0 Å². The Labute approximate surface area is 208 Å². The monoisotopic (exact) mass is 489 g/mol. The summed E-state index contributed by atoms with van der Waals surface area (Å²) >= 11 is 0.244. The van der Waals surface area contributed by atoms with Crippen LogP contribution in [0, 0.1) is 18.8 Å². The molecule has 2 aromatic heterocycles. The van der Waals surface area contributed by atoms with Crippen LogP contribution in [0.2, 0.25) is 0 Å². The molecule has 35 heavy (non-hydrogen) atoms. The van der Waals surface area contributed by atoms with Gasteiger partial charge in [0.25, 0.3) is 0 Å². The summed E-state index contributed by atoms with van der Waals surface area (Å²) in [5.41, 5.74) is 4.44. The number of hydrogen-bond donors (Lipinski definition) is 1. The van der Waals surface area contributed by atoms with Crippen LogP contribution in [0.1, 0.15) is 36.8 Å². The fourth-order valence-corrected chi connectivity index (χ4v) is 5.51. The summed E-state index contributed by atoms with van der Waals surface area (Å²) in [5, 5.41) is 10.5. The molecule has 0 aliphatic heterocycles. The number of halogens is 1. The van der Waals surface area contributed by atoms with Crippen LogP contribution in [0.4, 0.5) is 9.70 Å². The largest absolute Gasteiger partial charge is 0.479 e. The number of imidazole rings is 1. The second-order valence-corrected chi connectivity index (χ2v) is 10.5. The average Bonchev–Trinajstić information content (AvgIpc) is 3.79. The molecule has 0 radical (unpaired) electrons. The van der Waals surface area contributed by atoms with Crippen LogP contribution in [-0.2, 0) is 6.54 Å². The fraction of sp³-hybridized carbons (Fsp3) is 0.370. The van der Waals surface area contributed by atoms with Crippen molar-refractivity contribution < 1.29 is 8.99 Å². The molecule has 4 aromatic rings. The van der Waals surface area contributed by atoms with Crippen molar-refractivity contribution in [2.24, 2.45) is 11.8 Å². The number of nitrogens with zero attached hydrogens (tertiary/aromatic N) is 5. The van der Waals surface area contributed by atoms with Crippen molar-refractivity contribution in [3.8, 4) is 17.4 Å². The summed E-state index contributed by atoms with van der Waals surface area (Å²) in [6.45, 7) is 2.59. The average molecular weight is 490 g/mol. The first kappa shape index (κ1) is 22.3. The third-order valence-corrected chi connectivity index (χ3v) is 7.64. The summed E-state index contributed by atoms with van der Waals surface area (Å²) in [4.78, 5) is 16.6. The van der Waals surface area contributed by atoms with Crippen LogP contribution in [0.25, 0.3) is 22.6 Å². The van der Waals surface area contributed by atoms with Crippen molar-refractivity contribution in [3.63, 3.8) is 0 Å². The summed E-state index contributed by atoms with van der Waals surface area (Å²) in [7, 11) is 2.10. The van der Waals surface area contributed by atoms with Gasteiger partial charge in [-0.15, -0.1) is 0 Å². The van der Waals surface area contributed by atoms with Gasteiger partial charge in [-0.1, -0.05) is 35.9 Å². The van der Waals surface area contributed by atoms with Crippen molar-refractivity contribution in [2.45, 2.75) is 50.1 Å². The second-order valence-electron chi connectivity index (χ2n) is 9.91. The Morgan fingerprint density at radius 3 is 2.40 bits per heavy atom. The van der Waals surface area contributed by atoms with Gasteiger partial charge in [-0.25, -0.2) is 4.98 Å². The third kappa shape index (κ3) is 4.35. The van der Waals surface area contributed by atoms with Gasteiger partial charge >= 0.3 is 6.01 Å². The van der Waals surface area contributed by atoms with E-state index < -0.39 is 0 Å². The van der Waals surface area contributed by atoms with Gasteiger partial charge in [-0.3, -0.25) is 0 Å². The number of benzene rings is 2.